The Morgan fingerprint density at radius 1 is 1.32 bits per heavy atom. The molecule has 0 atom stereocenters. The van der Waals surface area contributed by atoms with Crippen LogP contribution in [-0.4, -0.2) is 24.5 Å². The van der Waals surface area contributed by atoms with Crippen LogP contribution >= 0.6 is 11.6 Å². The smallest absolute Gasteiger partial charge is 0.273 e. The minimum atomic E-state index is -0.562. The third-order valence-corrected chi connectivity index (χ3v) is 3.40. The molecule has 0 heterocycles. The molecule has 2 rings (SSSR count). The highest BCUT2D eigenvalue weighted by molar-refractivity contribution is 6.32. The maximum absolute atomic E-state index is 11.9. The monoisotopic (exact) mass is 361 g/mol. The Kier molecular flexibility index (Phi) is 5.76. The predicted molar refractivity (Wildman–Crippen MR) is 89.9 cm³/mol. The molecule has 128 valence electrons. The van der Waals surface area contributed by atoms with Gasteiger partial charge in [-0.1, -0.05) is 11.6 Å². The molecule has 0 saturated carbocycles. The molecule has 1 amide bonds. The van der Waals surface area contributed by atoms with Crippen molar-refractivity contribution < 1.29 is 19.2 Å². The van der Waals surface area contributed by atoms with Gasteiger partial charge in [-0.15, -0.1) is 0 Å². The number of anilines is 1. The highest BCUT2D eigenvalue weighted by atomic mass is 35.5. The van der Waals surface area contributed by atoms with Crippen LogP contribution in [0.1, 0.15) is 5.56 Å². The van der Waals surface area contributed by atoms with Crippen LogP contribution in [0.4, 0.5) is 11.4 Å². The van der Waals surface area contributed by atoms with Crippen molar-refractivity contribution >= 4 is 28.9 Å². The summed E-state index contributed by atoms with van der Waals surface area (Å²) in [7, 11) is 1.34. The quantitative estimate of drug-likeness (QED) is 0.624. The Morgan fingerprint density at radius 2 is 2.08 bits per heavy atom. The summed E-state index contributed by atoms with van der Waals surface area (Å²) in [5.41, 5.74) is 0.556. The van der Waals surface area contributed by atoms with Crippen LogP contribution in [0.5, 0.6) is 11.5 Å². The number of methoxy groups -OCH3 is 1. The number of benzene rings is 2. The summed E-state index contributed by atoms with van der Waals surface area (Å²) in [5, 5.41) is 22.3. The van der Waals surface area contributed by atoms with Crippen LogP contribution in [0.2, 0.25) is 5.02 Å². The van der Waals surface area contributed by atoms with Gasteiger partial charge in [0.15, 0.2) is 18.1 Å². The third kappa shape index (κ3) is 4.59. The van der Waals surface area contributed by atoms with Crippen molar-refractivity contribution in [3.8, 4) is 17.6 Å². The van der Waals surface area contributed by atoms with E-state index in [9.17, 15) is 14.9 Å². The fraction of sp³-hybridized carbons (Fsp3) is 0.125. The summed E-state index contributed by atoms with van der Waals surface area (Å²) < 4.78 is 10.3. The number of hydrogen-bond donors (Lipinski definition) is 1. The fourth-order valence-corrected chi connectivity index (χ4v) is 2.14. The molecule has 9 heteroatoms. The van der Waals surface area contributed by atoms with Gasteiger partial charge >= 0.3 is 0 Å². The molecule has 0 saturated heterocycles. The number of hydrogen-bond acceptors (Lipinski definition) is 6. The molecule has 0 spiro atoms. The number of carbonyl (C=O) groups is 1. The van der Waals surface area contributed by atoms with E-state index < -0.39 is 10.8 Å². The average Bonchev–Trinajstić information content (AvgIpc) is 2.59. The molecule has 2 aromatic carbocycles. The van der Waals surface area contributed by atoms with E-state index in [-0.39, 0.29) is 28.8 Å². The Balaban J connectivity index is 2.01. The first-order chi connectivity index (χ1) is 11.9. The van der Waals surface area contributed by atoms with Gasteiger partial charge in [0.2, 0.25) is 0 Å². The average molecular weight is 362 g/mol. The van der Waals surface area contributed by atoms with E-state index >= 15 is 0 Å². The van der Waals surface area contributed by atoms with Gasteiger partial charge in [-0.2, -0.15) is 5.26 Å². The minimum absolute atomic E-state index is 0.142. The third-order valence-electron chi connectivity index (χ3n) is 3.09. The molecule has 0 aliphatic rings. The van der Waals surface area contributed by atoms with Crippen molar-refractivity contribution in [2.75, 3.05) is 19.0 Å². The zero-order valence-corrected chi connectivity index (χ0v) is 13.7. The summed E-state index contributed by atoms with van der Waals surface area (Å²) >= 11 is 5.89. The normalized spacial score (nSPS) is 9.80. The van der Waals surface area contributed by atoms with Crippen LogP contribution < -0.4 is 14.8 Å². The number of amides is 1. The number of nitro groups is 1. The summed E-state index contributed by atoms with van der Waals surface area (Å²) in [6, 6.07) is 10.2. The summed E-state index contributed by atoms with van der Waals surface area (Å²) in [4.78, 5) is 22.1. The summed E-state index contributed by atoms with van der Waals surface area (Å²) in [5.74, 6) is -0.134. The second-order valence-corrected chi connectivity index (χ2v) is 5.14. The Labute approximate surface area is 147 Å². The van der Waals surface area contributed by atoms with Gasteiger partial charge in [0.1, 0.15) is 6.07 Å². The van der Waals surface area contributed by atoms with Crippen LogP contribution in [0, 0.1) is 21.4 Å². The van der Waals surface area contributed by atoms with E-state index in [4.69, 9.17) is 26.3 Å². The van der Waals surface area contributed by atoms with Crippen molar-refractivity contribution in [3.05, 3.63) is 57.1 Å². The molecule has 0 fully saturated rings. The Bertz CT molecular complexity index is 863. The number of non-ortho nitro benzene ring substituents is 1. The topological polar surface area (TPSA) is 114 Å². The second-order valence-electron chi connectivity index (χ2n) is 4.74. The van der Waals surface area contributed by atoms with E-state index in [1.807, 2.05) is 6.07 Å². The Morgan fingerprint density at radius 3 is 2.68 bits per heavy atom. The first kappa shape index (κ1) is 18.0. The zero-order chi connectivity index (χ0) is 18.4. The van der Waals surface area contributed by atoms with Gasteiger partial charge in [-0.3, -0.25) is 14.9 Å². The first-order valence-corrected chi connectivity index (χ1v) is 7.27. The van der Waals surface area contributed by atoms with Crippen molar-refractivity contribution in [2.24, 2.45) is 0 Å². The molecule has 8 nitrogen and oxygen atoms in total. The van der Waals surface area contributed by atoms with Crippen LogP contribution in [-0.2, 0) is 4.79 Å². The van der Waals surface area contributed by atoms with Gasteiger partial charge in [0, 0.05) is 11.8 Å². The first-order valence-electron chi connectivity index (χ1n) is 6.89. The molecule has 2 aromatic rings. The van der Waals surface area contributed by atoms with E-state index in [1.165, 1.54) is 43.5 Å². The lowest BCUT2D eigenvalue weighted by atomic mass is 10.2. The van der Waals surface area contributed by atoms with Gasteiger partial charge in [0.05, 0.1) is 28.7 Å². The zero-order valence-electron chi connectivity index (χ0n) is 13.0. The molecule has 0 aliphatic heterocycles. The van der Waals surface area contributed by atoms with Crippen LogP contribution in [0.15, 0.2) is 36.4 Å². The van der Waals surface area contributed by atoms with Crippen LogP contribution in [0.25, 0.3) is 0 Å². The molecule has 0 aliphatic carbocycles. The number of carbonyl (C=O) groups excluding carboxylic acids is 1. The number of ether oxygens (including phenoxy) is 2. The SMILES string of the molecule is COc1cc([N+](=O)[O-])ccc1OCC(=O)Nc1ccc(C#N)c(Cl)c1. The highest BCUT2D eigenvalue weighted by Gasteiger charge is 2.14. The van der Waals surface area contributed by atoms with E-state index in [0.717, 1.165) is 0 Å². The standard InChI is InChI=1S/C16H12ClN3O5/c1-24-15-7-12(20(22)23)4-5-14(15)25-9-16(21)19-11-3-2-10(8-18)13(17)6-11/h2-7H,9H2,1H3,(H,19,21). The number of nitrogens with zero attached hydrogens (tertiary/aromatic N) is 2. The molecule has 0 bridgehead atoms. The second kappa shape index (κ2) is 7.99. The molecule has 1 N–H and O–H groups in total. The summed E-state index contributed by atoms with van der Waals surface area (Å²) in [6.07, 6.45) is 0. The fourth-order valence-electron chi connectivity index (χ4n) is 1.91. The minimum Gasteiger partial charge on any atom is -0.493 e. The summed E-state index contributed by atoms with van der Waals surface area (Å²) in [6.45, 7) is -0.341. The maximum Gasteiger partial charge on any atom is 0.273 e. The van der Waals surface area contributed by atoms with Crippen molar-refractivity contribution in [3.63, 3.8) is 0 Å². The number of nitro benzene ring substituents is 1. The number of rotatable bonds is 6. The van der Waals surface area contributed by atoms with Gasteiger partial charge < -0.3 is 14.8 Å². The van der Waals surface area contributed by atoms with Gasteiger partial charge in [-0.05, 0) is 24.3 Å². The number of nitriles is 1. The lowest BCUT2D eigenvalue weighted by Gasteiger charge is -2.11. The molecule has 0 unspecified atom stereocenters. The molecule has 25 heavy (non-hydrogen) atoms. The molecule has 0 radical (unpaired) electrons. The van der Waals surface area contributed by atoms with Crippen molar-refractivity contribution in [1.29, 1.82) is 5.26 Å². The Hall–Kier alpha value is -3.31. The molecular formula is C16H12ClN3O5. The van der Waals surface area contributed by atoms with Crippen molar-refractivity contribution in [1.82, 2.24) is 0 Å². The molecular weight excluding hydrogens is 350 g/mol. The van der Waals surface area contributed by atoms with E-state index in [0.29, 0.717) is 11.3 Å². The number of nitrogens with one attached hydrogen (secondary N) is 1. The van der Waals surface area contributed by atoms with Crippen LogP contribution in [0.3, 0.4) is 0 Å². The lowest BCUT2D eigenvalue weighted by Crippen LogP contribution is -2.20. The van der Waals surface area contributed by atoms with E-state index in [2.05, 4.69) is 5.32 Å². The van der Waals surface area contributed by atoms with Gasteiger partial charge in [-0.25, -0.2) is 0 Å². The van der Waals surface area contributed by atoms with E-state index in [1.54, 1.807) is 0 Å². The lowest BCUT2D eigenvalue weighted by molar-refractivity contribution is -0.384. The van der Waals surface area contributed by atoms with Crippen molar-refractivity contribution in [2.45, 2.75) is 0 Å². The van der Waals surface area contributed by atoms with Gasteiger partial charge in [0.25, 0.3) is 11.6 Å². The molecule has 0 aromatic heterocycles. The maximum atomic E-state index is 11.9. The highest BCUT2D eigenvalue weighted by Crippen LogP contribution is 2.31. The predicted octanol–water partition coefficient (Wildman–Crippen LogP) is 3.15. The number of halogens is 1. The largest absolute Gasteiger partial charge is 0.493 e.